The van der Waals surface area contributed by atoms with Gasteiger partial charge < -0.3 is 0 Å². The van der Waals surface area contributed by atoms with Crippen LogP contribution in [0, 0.1) is 0 Å². The molecule has 20 heavy (non-hydrogen) atoms. The molecule has 0 heterocycles. The summed E-state index contributed by atoms with van der Waals surface area (Å²) in [5, 5.41) is 0. The Morgan fingerprint density at radius 3 is 1.85 bits per heavy atom. The van der Waals surface area contributed by atoms with Gasteiger partial charge >= 0.3 is 0 Å². The van der Waals surface area contributed by atoms with Gasteiger partial charge in [-0.05, 0) is 17.2 Å². The van der Waals surface area contributed by atoms with Crippen LogP contribution in [-0.4, -0.2) is 5.71 Å². The van der Waals surface area contributed by atoms with E-state index in [4.69, 9.17) is 0 Å². The zero-order valence-corrected chi connectivity index (χ0v) is 11.4. The number of benzene rings is 2. The summed E-state index contributed by atoms with van der Waals surface area (Å²) in [7, 11) is 0. The molecule has 0 saturated carbocycles. The van der Waals surface area contributed by atoms with Gasteiger partial charge in [0.25, 0.3) is 0 Å². The van der Waals surface area contributed by atoms with Gasteiger partial charge in [-0.15, -0.1) is 0 Å². The maximum atomic E-state index is 4.36. The monoisotopic (exact) mass is 259 g/mol. The standard InChI is InChI=1S/C19H17N/c1-3-16(17-11-7-5-8-12-17)15-19(20-4-2)18-13-9-6-10-14-18/h3-15H,1-2H2/b16-15+,20-19?. The first-order chi connectivity index (χ1) is 9.85. The van der Waals surface area contributed by atoms with Crippen LogP contribution in [0.5, 0.6) is 0 Å². The number of hydrogen-bond donors (Lipinski definition) is 0. The van der Waals surface area contributed by atoms with Crippen molar-refractivity contribution in [3.05, 3.63) is 103 Å². The quantitative estimate of drug-likeness (QED) is 0.535. The van der Waals surface area contributed by atoms with Crippen LogP contribution in [-0.2, 0) is 0 Å². The van der Waals surface area contributed by atoms with E-state index in [1.807, 2.05) is 60.7 Å². The smallest absolute Gasteiger partial charge is 0.0707 e. The molecule has 0 atom stereocenters. The Kier molecular flexibility index (Phi) is 4.85. The van der Waals surface area contributed by atoms with Crippen molar-refractivity contribution in [2.24, 2.45) is 4.99 Å². The van der Waals surface area contributed by atoms with Crippen molar-refractivity contribution in [2.75, 3.05) is 0 Å². The lowest BCUT2D eigenvalue weighted by Gasteiger charge is -2.05. The van der Waals surface area contributed by atoms with Gasteiger partial charge in [0.15, 0.2) is 0 Å². The lowest BCUT2D eigenvalue weighted by atomic mass is 10.0. The van der Waals surface area contributed by atoms with Crippen molar-refractivity contribution in [1.29, 1.82) is 0 Å². The highest BCUT2D eigenvalue weighted by atomic mass is 14.7. The molecular formula is C19H17N. The van der Waals surface area contributed by atoms with Crippen LogP contribution in [0.2, 0.25) is 0 Å². The summed E-state index contributed by atoms with van der Waals surface area (Å²) in [6.45, 7) is 7.58. The second kappa shape index (κ2) is 7.05. The van der Waals surface area contributed by atoms with E-state index in [2.05, 4.69) is 30.3 Å². The summed E-state index contributed by atoms with van der Waals surface area (Å²) in [4.78, 5) is 4.36. The molecule has 0 bridgehead atoms. The van der Waals surface area contributed by atoms with E-state index < -0.39 is 0 Å². The molecule has 0 radical (unpaired) electrons. The van der Waals surface area contributed by atoms with Crippen molar-refractivity contribution in [2.45, 2.75) is 0 Å². The van der Waals surface area contributed by atoms with Gasteiger partial charge in [0.2, 0.25) is 0 Å². The Balaban J connectivity index is 2.45. The van der Waals surface area contributed by atoms with E-state index in [0.717, 1.165) is 22.4 Å². The SMILES string of the molecule is C=CN=C(/C=C(\C=C)c1ccccc1)c1ccccc1. The molecule has 98 valence electrons. The fourth-order valence-electron chi connectivity index (χ4n) is 1.94. The zero-order chi connectivity index (χ0) is 14.2. The first-order valence-corrected chi connectivity index (χ1v) is 6.49. The highest BCUT2D eigenvalue weighted by molar-refractivity contribution is 6.13. The molecule has 0 unspecified atom stereocenters. The fraction of sp³-hybridized carbons (Fsp3) is 0. The predicted molar refractivity (Wildman–Crippen MR) is 87.8 cm³/mol. The Morgan fingerprint density at radius 2 is 1.35 bits per heavy atom. The Bertz CT molecular complexity index is 634. The molecule has 0 aromatic heterocycles. The lowest BCUT2D eigenvalue weighted by molar-refractivity contribution is 1.54. The predicted octanol–water partition coefficient (Wildman–Crippen LogP) is 4.89. The van der Waals surface area contributed by atoms with Crippen LogP contribution in [0.15, 0.2) is 97.2 Å². The van der Waals surface area contributed by atoms with Crippen LogP contribution in [0.1, 0.15) is 11.1 Å². The van der Waals surface area contributed by atoms with E-state index in [9.17, 15) is 0 Å². The zero-order valence-electron chi connectivity index (χ0n) is 11.4. The molecule has 2 rings (SSSR count). The molecule has 0 amide bonds. The molecule has 0 N–H and O–H groups in total. The van der Waals surface area contributed by atoms with E-state index in [1.165, 1.54) is 0 Å². The van der Waals surface area contributed by atoms with Gasteiger partial charge in [-0.1, -0.05) is 79.9 Å². The van der Waals surface area contributed by atoms with Crippen molar-refractivity contribution in [3.8, 4) is 0 Å². The summed E-state index contributed by atoms with van der Waals surface area (Å²) in [6, 6.07) is 20.2. The third-order valence-corrected chi connectivity index (χ3v) is 2.92. The summed E-state index contributed by atoms with van der Waals surface area (Å²) in [5.41, 5.74) is 4.09. The molecule has 0 spiro atoms. The number of rotatable bonds is 5. The molecule has 2 aromatic carbocycles. The largest absolute Gasteiger partial charge is 0.257 e. The second-order valence-corrected chi connectivity index (χ2v) is 4.23. The molecule has 0 aliphatic carbocycles. The van der Waals surface area contributed by atoms with Gasteiger partial charge in [-0.2, -0.15) is 0 Å². The molecular weight excluding hydrogens is 242 g/mol. The summed E-state index contributed by atoms with van der Waals surface area (Å²) < 4.78 is 0. The van der Waals surface area contributed by atoms with Gasteiger partial charge in [0, 0.05) is 11.8 Å². The summed E-state index contributed by atoms with van der Waals surface area (Å²) in [5.74, 6) is 0. The Labute approximate surface area is 120 Å². The number of aliphatic imine (C=N–C) groups is 1. The lowest BCUT2D eigenvalue weighted by Crippen LogP contribution is -1.97. The second-order valence-electron chi connectivity index (χ2n) is 4.23. The Hall–Kier alpha value is -2.67. The number of allylic oxidation sites excluding steroid dienone is 3. The summed E-state index contributed by atoms with van der Waals surface area (Å²) >= 11 is 0. The minimum Gasteiger partial charge on any atom is -0.257 e. The average molecular weight is 259 g/mol. The van der Waals surface area contributed by atoms with Crippen LogP contribution in [0.4, 0.5) is 0 Å². The van der Waals surface area contributed by atoms with Crippen molar-refractivity contribution in [3.63, 3.8) is 0 Å². The van der Waals surface area contributed by atoms with Gasteiger partial charge in [0.05, 0.1) is 5.71 Å². The molecule has 0 fully saturated rings. The number of hydrogen-bond acceptors (Lipinski definition) is 1. The highest BCUT2D eigenvalue weighted by Gasteiger charge is 2.02. The third kappa shape index (κ3) is 3.42. The van der Waals surface area contributed by atoms with E-state index in [0.29, 0.717) is 0 Å². The highest BCUT2D eigenvalue weighted by Crippen LogP contribution is 2.17. The molecule has 0 aliphatic rings. The maximum absolute atomic E-state index is 4.36. The molecule has 0 aliphatic heterocycles. The minimum atomic E-state index is 0.874. The maximum Gasteiger partial charge on any atom is 0.0707 e. The van der Waals surface area contributed by atoms with E-state index >= 15 is 0 Å². The topological polar surface area (TPSA) is 12.4 Å². The van der Waals surface area contributed by atoms with Gasteiger partial charge in [0.1, 0.15) is 0 Å². The molecule has 1 nitrogen and oxygen atoms in total. The van der Waals surface area contributed by atoms with Crippen molar-refractivity contribution < 1.29 is 0 Å². The Morgan fingerprint density at radius 1 is 0.800 bits per heavy atom. The van der Waals surface area contributed by atoms with Crippen LogP contribution in [0.25, 0.3) is 5.57 Å². The molecule has 2 aromatic rings. The van der Waals surface area contributed by atoms with Gasteiger partial charge in [-0.25, -0.2) is 0 Å². The minimum absolute atomic E-state index is 0.874. The van der Waals surface area contributed by atoms with Gasteiger partial charge in [-0.3, -0.25) is 4.99 Å². The third-order valence-electron chi connectivity index (χ3n) is 2.92. The molecule has 0 saturated heterocycles. The van der Waals surface area contributed by atoms with E-state index in [1.54, 1.807) is 6.20 Å². The van der Waals surface area contributed by atoms with Crippen molar-refractivity contribution in [1.82, 2.24) is 0 Å². The average Bonchev–Trinajstić information content (AvgIpc) is 2.53. The van der Waals surface area contributed by atoms with E-state index in [-0.39, 0.29) is 0 Å². The van der Waals surface area contributed by atoms with Crippen LogP contribution >= 0.6 is 0 Å². The normalized spacial score (nSPS) is 12.0. The molecule has 1 heteroatoms. The first-order valence-electron chi connectivity index (χ1n) is 6.49. The summed E-state index contributed by atoms with van der Waals surface area (Å²) in [6.07, 6.45) is 5.43. The van der Waals surface area contributed by atoms with Crippen molar-refractivity contribution >= 4 is 11.3 Å². The van der Waals surface area contributed by atoms with Crippen LogP contribution in [0.3, 0.4) is 0 Å². The van der Waals surface area contributed by atoms with Crippen LogP contribution < -0.4 is 0 Å². The number of nitrogens with zero attached hydrogens (tertiary/aromatic N) is 1. The first kappa shape index (κ1) is 13.8. The fourth-order valence-corrected chi connectivity index (χ4v) is 1.94.